The zero-order chi connectivity index (χ0) is 16.5. The summed E-state index contributed by atoms with van der Waals surface area (Å²) < 4.78 is 0. The summed E-state index contributed by atoms with van der Waals surface area (Å²) in [5.74, 6) is 2.59. The van der Waals surface area contributed by atoms with Crippen molar-refractivity contribution in [1.29, 1.82) is 0 Å². The third-order valence-corrected chi connectivity index (χ3v) is 6.74. The highest BCUT2D eigenvalue weighted by Crippen LogP contribution is 2.49. The molecule has 1 aromatic rings. The predicted octanol–water partition coefficient (Wildman–Crippen LogP) is 2.54. The largest absolute Gasteiger partial charge is 0.343 e. The van der Waals surface area contributed by atoms with Gasteiger partial charge in [-0.05, 0) is 49.9 Å². The fraction of sp³-hybridized carbons (Fsp3) is 0.765. The summed E-state index contributed by atoms with van der Waals surface area (Å²) in [6.07, 6.45) is 7.53. The Kier molecular flexibility index (Phi) is 4.52. The van der Waals surface area contributed by atoms with Crippen molar-refractivity contribution in [2.75, 3.05) is 18.4 Å². The lowest BCUT2D eigenvalue weighted by Gasteiger charge is -2.32. The van der Waals surface area contributed by atoms with Gasteiger partial charge in [0, 0.05) is 25.4 Å². The number of carbonyl (C=O) groups is 2. The van der Waals surface area contributed by atoms with Gasteiger partial charge in [-0.15, -0.1) is 10.2 Å². The van der Waals surface area contributed by atoms with Crippen LogP contribution >= 0.6 is 11.3 Å². The van der Waals surface area contributed by atoms with Gasteiger partial charge in [0.05, 0.1) is 0 Å². The minimum atomic E-state index is -0.0274. The first kappa shape index (κ1) is 16.0. The Hall–Kier alpha value is -1.50. The van der Waals surface area contributed by atoms with E-state index in [0.717, 1.165) is 31.1 Å². The summed E-state index contributed by atoms with van der Waals surface area (Å²) in [5, 5.41) is 10.9. The molecule has 0 unspecified atom stereocenters. The monoisotopic (exact) mass is 348 g/mol. The van der Waals surface area contributed by atoms with Crippen LogP contribution in [-0.2, 0) is 9.59 Å². The molecular formula is C17H24N4O2S. The summed E-state index contributed by atoms with van der Waals surface area (Å²) in [7, 11) is 0. The Bertz CT molecular complexity index is 598. The molecule has 7 heteroatoms. The Morgan fingerprint density at radius 2 is 2.04 bits per heavy atom. The van der Waals surface area contributed by atoms with E-state index in [2.05, 4.69) is 15.5 Å². The van der Waals surface area contributed by atoms with Crippen molar-refractivity contribution in [1.82, 2.24) is 15.1 Å². The SMILES string of the molecule is O=C(Nc1nncs1)C1CCN(C(=O)C[C@@H]2C[C@H]3CC[C@H]2C3)CC1. The number of nitrogens with one attached hydrogen (secondary N) is 1. The molecular weight excluding hydrogens is 324 g/mol. The Morgan fingerprint density at radius 1 is 1.21 bits per heavy atom. The van der Waals surface area contributed by atoms with E-state index in [-0.39, 0.29) is 11.8 Å². The van der Waals surface area contributed by atoms with Gasteiger partial charge >= 0.3 is 0 Å². The van der Waals surface area contributed by atoms with Gasteiger partial charge in [-0.3, -0.25) is 9.59 Å². The number of carbonyl (C=O) groups excluding carboxylic acids is 2. The van der Waals surface area contributed by atoms with E-state index in [4.69, 9.17) is 0 Å². The maximum atomic E-state index is 12.6. The number of rotatable bonds is 4. The molecule has 3 aliphatic rings. The standard InChI is InChI=1S/C17H24N4O2S/c22-15(9-14-8-11-1-2-13(14)7-11)21-5-3-12(4-6-21)16(23)19-17-20-18-10-24-17/h10-14H,1-9H2,(H,19,20,23)/t11-,13-,14-/m0/s1. The maximum absolute atomic E-state index is 12.6. The summed E-state index contributed by atoms with van der Waals surface area (Å²) in [4.78, 5) is 26.8. The number of aromatic nitrogens is 2. The van der Waals surface area contributed by atoms with Crippen molar-refractivity contribution >= 4 is 28.3 Å². The molecule has 2 saturated carbocycles. The molecule has 4 rings (SSSR count). The number of amides is 2. The number of hydrogen-bond donors (Lipinski definition) is 1. The molecule has 1 saturated heterocycles. The number of nitrogens with zero attached hydrogens (tertiary/aromatic N) is 3. The summed E-state index contributed by atoms with van der Waals surface area (Å²) in [6, 6.07) is 0. The molecule has 0 radical (unpaired) electrons. The van der Waals surface area contributed by atoms with E-state index in [1.165, 1.54) is 37.0 Å². The molecule has 2 aliphatic carbocycles. The van der Waals surface area contributed by atoms with Crippen LogP contribution < -0.4 is 5.32 Å². The highest BCUT2D eigenvalue weighted by atomic mass is 32.1. The lowest BCUT2D eigenvalue weighted by atomic mass is 9.85. The molecule has 0 spiro atoms. The first-order chi connectivity index (χ1) is 11.7. The van der Waals surface area contributed by atoms with Crippen LogP contribution in [0.4, 0.5) is 5.13 Å². The fourth-order valence-corrected chi connectivity index (χ4v) is 5.25. The second-order valence-electron chi connectivity index (χ2n) is 7.53. The minimum absolute atomic E-state index is 0.00644. The third kappa shape index (κ3) is 3.31. The normalized spacial score (nSPS) is 29.8. The zero-order valence-corrected chi connectivity index (χ0v) is 14.6. The van der Waals surface area contributed by atoms with E-state index < -0.39 is 0 Å². The molecule has 2 bridgehead atoms. The van der Waals surface area contributed by atoms with Gasteiger partial charge in [0.2, 0.25) is 16.9 Å². The molecule has 3 fully saturated rings. The Labute approximate surface area is 146 Å². The van der Waals surface area contributed by atoms with Crippen LogP contribution in [0.1, 0.15) is 44.9 Å². The zero-order valence-electron chi connectivity index (χ0n) is 13.8. The number of anilines is 1. The Morgan fingerprint density at radius 3 is 2.67 bits per heavy atom. The van der Waals surface area contributed by atoms with Gasteiger partial charge in [0.1, 0.15) is 5.51 Å². The van der Waals surface area contributed by atoms with Gasteiger partial charge in [0.15, 0.2) is 0 Å². The first-order valence-corrected chi connectivity index (χ1v) is 9.92. The van der Waals surface area contributed by atoms with E-state index in [1.54, 1.807) is 5.51 Å². The lowest BCUT2D eigenvalue weighted by molar-refractivity contribution is -0.135. The summed E-state index contributed by atoms with van der Waals surface area (Å²) >= 11 is 1.33. The average Bonchev–Trinajstić information content (AvgIpc) is 3.33. The van der Waals surface area contributed by atoms with E-state index in [1.807, 2.05) is 4.90 Å². The van der Waals surface area contributed by atoms with Gasteiger partial charge < -0.3 is 10.2 Å². The highest BCUT2D eigenvalue weighted by molar-refractivity contribution is 7.13. The van der Waals surface area contributed by atoms with Crippen LogP contribution in [-0.4, -0.2) is 40.0 Å². The van der Waals surface area contributed by atoms with Crippen LogP contribution in [0.3, 0.4) is 0 Å². The van der Waals surface area contributed by atoms with Crippen LogP contribution in [0.15, 0.2) is 5.51 Å². The fourth-order valence-electron chi connectivity index (χ4n) is 4.81. The van der Waals surface area contributed by atoms with Gasteiger partial charge in [-0.2, -0.15) is 0 Å². The molecule has 6 nitrogen and oxygen atoms in total. The van der Waals surface area contributed by atoms with E-state index in [9.17, 15) is 9.59 Å². The number of fused-ring (bicyclic) bond motifs is 2. The van der Waals surface area contributed by atoms with Crippen molar-refractivity contribution in [2.24, 2.45) is 23.7 Å². The molecule has 3 atom stereocenters. The molecule has 2 amide bonds. The van der Waals surface area contributed by atoms with Crippen molar-refractivity contribution in [2.45, 2.75) is 44.9 Å². The second-order valence-corrected chi connectivity index (χ2v) is 8.36. The van der Waals surface area contributed by atoms with Crippen LogP contribution in [0.5, 0.6) is 0 Å². The van der Waals surface area contributed by atoms with Crippen LogP contribution in [0.25, 0.3) is 0 Å². The molecule has 1 N–H and O–H groups in total. The van der Waals surface area contributed by atoms with Crippen LogP contribution in [0, 0.1) is 23.7 Å². The van der Waals surface area contributed by atoms with E-state index in [0.29, 0.717) is 30.0 Å². The Balaban J connectivity index is 1.23. The quantitative estimate of drug-likeness (QED) is 0.907. The average molecular weight is 348 g/mol. The van der Waals surface area contributed by atoms with E-state index >= 15 is 0 Å². The van der Waals surface area contributed by atoms with Crippen molar-refractivity contribution in [3.05, 3.63) is 5.51 Å². The highest BCUT2D eigenvalue weighted by Gasteiger charge is 2.41. The van der Waals surface area contributed by atoms with Crippen molar-refractivity contribution < 1.29 is 9.59 Å². The molecule has 130 valence electrons. The molecule has 24 heavy (non-hydrogen) atoms. The lowest BCUT2D eigenvalue weighted by Crippen LogP contribution is -2.42. The summed E-state index contributed by atoms with van der Waals surface area (Å²) in [6.45, 7) is 1.40. The third-order valence-electron chi connectivity index (χ3n) is 6.13. The van der Waals surface area contributed by atoms with Gasteiger partial charge in [-0.25, -0.2) is 0 Å². The molecule has 1 aliphatic heterocycles. The number of piperidine rings is 1. The predicted molar refractivity (Wildman–Crippen MR) is 91.4 cm³/mol. The van der Waals surface area contributed by atoms with Crippen molar-refractivity contribution in [3.8, 4) is 0 Å². The molecule has 1 aromatic heterocycles. The van der Waals surface area contributed by atoms with Crippen LogP contribution in [0.2, 0.25) is 0 Å². The number of hydrogen-bond acceptors (Lipinski definition) is 5. The van der Waals surface area contributed by atoms with Gasteiger partial charge in [-0.1, -0.05) is 17.8 Å². The molecule has 2 heterocycles. The summed E-state index contributed by atoms with van der Waals surface area (Å²) in [5.41, 5.74) is 1.60. The van der Waals surface area contributed by atoms with Gasteiger partial charge in [0.25, 0.3) is 0 Å². The van der Waals surface area contributed by atoms with Crippen molar-refractivity contribution in [3.63, 3.8) is 0 Å². The topological polar surface area (TPSA) is 75.2 Å². The second kappa shape index (κ2) is 6.78. The smallest absolute Gasteiger partial charge is 0.229 e. The maximum Gasteiger partial charge on any atom is 0.229 e. The minimum Gasteiger partial charge on any atom is -0.343 e. The number of likely N-dealkylation sites (tertiary alicyclic amines) is 1. The first-order valence-electron chi connectivity index (χ1n) is 9.04. The molecule has 0 aromatic carbocycles.